The molecule has 0 bridgehead atoms. The molecule has 0 aliphatic carbocycles. The lowest BCUT2D eigenvalue weighted by Gasteiger charge is -2.11. The van der Waals surface area contributed by atoms with Gasteiger partial charge in [-0.15, -0.1) is 0 Å². The van der Waals surface area contributed by atoms with Crippen LogP contribution in [0.4, 0.5) is 11.6 Å². The van der Waals surface area contributed by atoms with E-state index in [-0.39, 0.29) is 11.5 Å². The summed E-state index contributed by atoms with van der Waals surface area (Å²) in [5, 5.41) is 13.0. The third kappa shape index (κ3) is 3.53. The lowest BCUT2D eigenvalue weighted by Crippen LogP contribution is -2.16. The Morgan fingerprint density at radius 1 is 1.23 bits per heavy atom. The van der Waals surface area contributed by atoms with E-state index >= 15 is 0 Å². The summed E-state index contributed by atoms with van der Waals surface area (Å²) in [6.07, 6.45) is 0. The molecule has 26 heavy (non-hydrogen) atoms. The largest absolute Gasteiger partial charge is 0.497 e. The molecule has 3 rings (SSSR count). The number of aryl methyl sites for hydroxylation is 1. The topological polar surface area (TPSA) is 90.8 Å². The van der Waals surface area contributed by atoms with Crippen molar-refractivity contribution in [2.24, 2.45) is 0 Å². The van der Waals surface area contributed by atoms with Gasteiger partial charge in [0.1, 0.15) is 17.4 Å². The van der Waals surface area contributed by atoms with Gasteiger partial charge in [0.25, 0.3) is 5.56 Å². The SMILES string of the molecule is COc1ccc(-c2nc(Nc3ccc(Cl)cc3C)[nH]c(=O)c2C#N)cc1. The number of halogens is 1. The number of anilines is 2. The van der Waals surface area contributed by atoms with Crippen LogP contribution in [0.25, 0.3) is 11.3 Å². The molecule has 2 aromatic carbocycles. The van der Waals surface area contributed by atoms with Crippen LogP contribution in [-0.2, 0) is 0 Å². The Morgan fingerprint density at radius 3 is 2.58 bits per heavy atom. The Bertz CT molecular complexity index is 1050. The van der Waals surface area contributed by atoms with Crippen LogP contribution in [0.5, 0.6) is 5.75 Å². The highest BCUT2D eigenvalue weighted by Gasteiger charge is 2.14. The van der Waals surface area contributed by atoms with Gasteiger partial charge in [-0.05, 0) is 55.0 Å². The summed E-state index contributed by atoms with van der Waals surface area (Å²) < 4.78 is 5.13. The number of rotatable bonds is 4. The molecule has 3 aromatic rings. The molecule has 0 aliphatic heterocycles. The van der Waals surface area contributed by atoms with Crippen molar-refractivity contribution >= 4 is 23.2 Å². The summed E-state index contributed by atoms with van der Waals surface area (Å²) in [4.78, 5) is 19.3. The Balaban J connectivity index is 2.06. The fourth-order valence-corrected chi connectivity index (χ4v) is 2.72. The number of aromatic nitrogens is 2. The number of nitrogens with one attached hydrogen (secondary N) is 2. The minimum Gasteiger partial charge on any atom is -0.497 e. The van der Waals surface area contributed by atoms with Gasteiger partial charge in [0, 0.05) is 16.3 Å². The summed E-state index contributed by atoms with van der Waals surface area (Å²) in [6.45, 7) is 1.89. The molecule has 130 valence electrons. The second-order valence-corrected chi connectivity index (χ2v) is 6.00. The molecule has 0 spiro atoms. The molecule has 0 saturated carbocycles. The van der Waals surface area contributed by atoms with E-state index in [0.717, 1.165) is 11.3 Å². The Morgan fingerprint density at radius 2 is 1.96 bits per heavy atom. The van der Waals surface area contributed by atoms with Gasteiger partial charge < -0.3 is 10.1 Å². The van der Waals surface area contributed by atoms with Crippen molar-refractivity contribution in [3.63, 3.8) is 0 Å². The minimum atomic E-state index is -0.512. The lowest BCUT2D eigenvalue weighted by atomic mass is 10.1. The highest BCUT2D eigenvalue weighted by atomic mass is 35.5. The first-order valence-electron chi connectivity index (χ1n) is 7.74. The van der Waals surface area contributed by atoms with Crippen molar-refractivity contribution < 1.29 is 4.74 Å². The van der Waals surface area contributed by atoms with Crippen molar-refractivity contribution in [1.82, 2.24) is 9.97 Å². The quantitative estimate of drug-likeness (QED) is 0.727. The minimum absolute atomic E-state index is 0.0476. The molecule has 0 radical (unpaired) electrons. The molecule has 1 heterocycles. The molecule has 7 heteroatoms. The Kier molecular flexibility index (Phi) is 4.92. The zero-order valence-corrected chi connectivity index (χ0v) is 14.9. The first-order valence-corrected chi connectivity index (χ1v) is 8.11. The molecule has 1 aromatic heterocycles. The predicted octanol–water partition coefficient (Wildman–Crippen LogP) is 4.02. The number of ether oxygens (including phenoxy) is 1. The molecule has 0 amide bonds. The van der Waals surface area contributed by atoms with Crippen LogP contribution in [0.2, 0.25) is 5.02 Å². The van der Waals surface area contributed by atoms with Crippen LogP contribution < -0.4 is 15.6 Å². The highest BCUT2D eigenvalue weighted by Crippen LogP contribution is 2.25. The Hall–Kier alpha value is -3.30. The molecule has 0 atom stereocenters. The van der Waals surface area contributed by atoms with E-state index < -0.39 is 5.56 Å². The second kappa shape index (κ2) is 7.30. The monoisotopic (exact) mass is 366 g/mol. The predicted molar refractivity (Wildman–Crippen MR) is 101 cm³/mol. The van der Waals surface area contributed by atoms with E-state index in [1.165, 1.54) is 0 Å². The first-order chi connectivity index (χ1) is 12.5. The van der Waals surface area contributed by atoms with Crippen LogP contribution in [0.15, 0.2) is 47.3 Å². The average Bonchev–Trinajstić information content (AvgIpc) is 2.64. The molecule has 6 nitrogen and oxygen atoms in total. The standard InChI is InChI=1S/C19H15ClN4O2/c1-11-9-13(20)5-8-16(11)22-19-23-17(15(10-21)18(25)24-19)12-3-6-14(26-2)7-4-12/h3-9H,1-2H3,(H2,22,23,24,25). The zero-order chi connectivity index (χ0) is 18.7. The first kappa shape index (κ1) is 17.5. The summed E-state index contributed by atoms with van der Waals surface area (Å²) in [7, 11) is 1.57. The fourth-order valence-electron chi connectivity index (χ4n) is 2.49. The van der Waals surface area contributed by atoms with Crippen LogP contribution in [-0.4, -0.2) is 17.1 Å². The van der Waals surface area contributed by atoms with Crippen LogP contribution in [0.3, 0.4) is 0 Å². The van der Waals surface area contributed by atoms with Gasteiger partial charge in [0.15, 0.2) is 0 Å². The number of hydrogen-bond donors (Lipinski definition) is 2. The number of methoxy groups -OCH3 is 1. The number of H-pyrrole nitrogens is 1. The van der Waals surface area contributed by atoms with Crippen LogP contribution >= 0.6 is 11.6 Å². The number of hydrogen-bond acceptors (Lipinski definition) is 5. The normalized spacial score (nSPS) is 10.2. The maximum absolute atomic E-state index is 12.3. The number of nitriles is 1. The van der Waals surface area contributed by atoms with E-state index in [1.807, 2.05) is 13.0 Å². The Labute approximate surface area is 155 Å². The smallest absolute Gasteiger partial charge is 0.270 e. The third-order valence-corrected chi connectivity index (χ3v) is 4.07. The molecule has 0 fully saturated rings. The number of nitrogens with zero attached hydrogens (tertiary/aromatic N) is 2. The van der Waals surface area contributed by atoms with Crippen molar-refractivity contribution in [2.75, 3.05) is 12.4 Å². The fraction of sp³-hybridized carbons (Fsp3) is 0.105. The second-order valence-electron chi connectivity index (χ2n) is 5.56. The number of benzene rings is 2. The van der Waals surface area contributed by atoms with Gasteiger partial charge in [-0.2, -0.15) is 5.26 Å². The van der Waals surface area contributed by atoms with E-state index in [0.29, 0.717) is 22.0 Å². The molecular formula is C19H15ClN4O2. The van der Waals surface area contributed by atoms with Crippen molar-refractivity contribution in [2.45, 2.75) is 6.92 Å². The molecule has 2 N–H and O–H groups in total. The highest BCUT2D eigenvalue weighted by molar-refractivity contribution is 6.30. The maximum Gasteiger partial charge on any atom is 0.270 e. The van der Waals surface area contributed by atoms with Gasteiger partial charge in [0.05, 0.1) is 12.8 Å². The lowest BCUT2D eigenvalue weighted by molar-refractivity contribution is 0.415. The van der Waals surface area contributed by atoms with Crippen molar-refractivity contribution in [3.05, 3.63) is 69.0 Å². The van der Waals surface area contributed by atoms with Gasteiger partial charge >= 0.3 is 0 Å². The summed E-state index contributed by atoms with van der Waals surface area (Å²) in [5.74, 6) is 0.914. The van der Waals surface area contributed by atoms with E-state index in [2.05, 4.69) is 15.3 Å². The molecule has 0 unspecified atom stereocenters. The van der Waals surface area contributed by atoms with E-state index in [4.69, 9.17) is 16.3 Å². The van der Waals surface area contributed by atoms with E-state index in [9.17, 15) is 10.1 Å². The van der Waals surface area contributed by atoms with Crippen LogP contribution in [0.1, 0.15) is 11.1 Å². The maximum atomic E-state index is 12.3. The molecule has 0 saturated heterocycles. The van der Waals surface area contributed by atoms with E-state index in [1.54, 1.807) is 49.6 Å². The zero-order valence-electron chi connectivity index (χ0n) is 14.1. The van der Waals surface area contributed by atoms with Crippen molar-refractivity contribution in [3.8, 4) is 23.1 Å². The van der Waals surface area contributed by atoms with Crippen LogP contribution in [0, 0.1) is 18.3 Å². The third-order valence-electron chi connectivity index (χ3n) is 3.84. The summed E-state index contributed by atoms with van der Waals surface area (Å²) >= 11 is 5.97. The molecular weight excluding hydrogens is 352 g/mol. The average molecular weight is 367 g/mol. The summed E-state index contributed by atoms with van der Waals surface area (Å²) in [6, 6.07) is 14.2. The number of aromatic amines is 1. The molecule has 0 aliphatic rings. The summed E-state index contributed by atoms with van der Waals surface area (Å²) in [5.41, 5.74) is 2.03. The van der Waals surface area contributed by atoms with Gasteiger partial charge in [-0.3, -0.25) is 9.78 Å². The van der Waals surface area contributed by atoms with Gasteiger partial charge in [-0.25, -0.2) is 4.98 Å². The van der Waals surface area contributed by atoms with Crippen molar-refractivity contribution in [1.29, 1.82) is 5.26 Å². The van der Waals surface area contributed by atoms with Gasteiger partial charge in [0.2, 0.25) is 5.95 Å². The van der Waals surface area contributed by atoms with Gasteiger partial charge in [-0.1, -0.05) is 11.6 Å².